The third-order valence-corrected chi connectivity index (χ3v) is 8.71. The van der Waals surface area contributed by atoms with Crippen molar-refractivity contribution in [2.75, 3.05) is 24.5 Å². The first-order valence-corrected chi connectivity index (χ1v) is 15.3. The molecule has 8 nitrogen and oxygen atoms in total. The Kier molecular flexibility index (Phi) is 10.9. The summed E-state index contributed by atoms with van der Waals surface area (Å²) in [7, 11) is -2.64. The molecule has 220 valence electrons. The van der Waals surface area contributed by atoms with E-state index in [4.69, 9.17) is 4.74 Å². The highest BCUT2D eigenvalue weighted by Crippen LogP contribution is 2.26. The maximum atomic E-state index is 14.2. The second-order valence-electron chi connectivity index (χ2n) is 10.5. The van der Waals surface area contributed by atoms with Crippen LogP contribution < -0.4 is 14.4 Å². The summed E-state index contributed by atoms with van der Waals surface area (Å²) in [6.07, 6.45) is 0.372. The van der Waals surface area contributed by atoms with E-state index in [-0.39, 0.29) is 23.3 Å². The normalized spacial score (nSPS) is 12.1. The lowest BCUT2D eigenvalue weighted by Crippen LogP contribution is -2.52. The highest BCUT2D eigenvalue weighted by Gasteiger charge is 2.34. The molecule has 0 heterocycles. The molecule has 0 fully saturated rings. The van der Waals surface area contributed by atoms with Gasteiger partial charge in [0.15, 0.2) is 0 Å². The molecule has 3 rings (SSSR count). The van der Waals surface area contributed by atoms with Crippen LogP contribution in [0.15, 0.2) is 77.7 Å². The maximum Gasteiger partial charge on any atom is 0.264 e. The fraction of sp³-hybridized carbons (Fsp3) is 0.375. The number of benzene rings is 3. The number of nitrogens with zero attached hydrogens (tertiary/aromatic N) is 2. The lowest BCUT2D eigenvalue weighted by molar-refractivity contribution is -0.140. The number of rotatable bonds is 13. The lowest BCUT2D eigenvalue weighted by Gasteiger charge is -2.33. The van der Waals surface area contributed by atoms with Crippen molar-refractivity contribution in [3.8, 4) is 5.75 Å². The van der Waals surface area contributed by atoms with Gasteiger partial charge in [0.05, 0.1) is 17.7 Å². The molecule has 0 unspecified atom stereocenters. The Morgan fingerprint density at radius 1 is 0.927 bits per heavy atom. The van der Waals surface area contributed by atoms with E-state index >= 15 is 0 Å². The van der Waals surface area contributed by atoms with E-state index in [2.05, 4.69) is 5.32 Å². The van der Waals surface area contributed by atoms with Crippen LogP contribution in [0.3, 0.4) is 0 Å². The summed E-state index contributed by atoms with van der Waals surface area (Å²) < 4.78 is 34.2. The van der Waals surface area contributed by atoms with Crippen molar-refractivity contribution in [3.05, 3.63) is 89.5 Å². The van der Waals surface area contributed by atoms with Gasteiger partial charge in [-0.1, -0.05) is 62.7 Å². The van der Waals surface area contributed by atoms with Crippen molar-refractivity contribution >= 4 is 27.5 Å². The Balaban J connectivity index is 2.05. The van der Waals surface area contributed by atoms with Crippen molar-refractivity contribution in [1.82, 2.24) is 10.2 Å². The van der Waals surface area contributed by atoms with E-state index in [9.17, 15) is 18.0 Å². The van der Waals surface area contributed by atoms with Gasteiger partial charge < -0.3 is 15.0 Å². The Labute approximate surface area is 244 Å². The Morgan fingerprint density at radius 2 is 1.56 bits per heavy atom. The molecule has 0 spiro atoms. The minimum absolute atomic E-state index is 0.0267. The molecule has 0 radical (unpaired) electrons. The molecule has 9 heteroatoms. The third-order valence-electron chi connectivity index (χ3n) is 6.92. The summed E-state index contributed by atoms with van der Waals surface area (Å²) in [5, 5.41) is 2.95. The molecule has 0 aliphatic rings. The largest absolute Gasteiger partial charge is 0.497 e. The number of sulfonamides is 1. The predicted molar refractivity (Wildman–Crippen MR) is 162 cm³/mol. The third kappa shape index (κ3) is 8.10. The van der Waals surface area contributed by atoms with E-state index in [1.54, 1.807) is 36.4 Å². The molecule has 3 aromatic carbocycles. The summed E-state index contributed by atoms with van der Waals surface area (Å²) in [5.74, 6) is 0.0219. The number of carbonyl (C=O) groups excluding carboxylic acids is 2. The predicted octanol–water partition coefficient (Wildman–Crippen LogP) is 5.09. The zero-order valence-electron chi connectivity index (χ0n) is 24.8. The topological polar surface area (TPSA) is 96.0 Å². The summed E-state index contributed by atoms with van der Waals surface area (Å²) in [4.78, 5) is 29.0. The molecule has 0 aromatic heterocycles. The standard InChI is InChI=1S/C32H41N3O5S/c1-7-30(32(37)33-20-23(2)3)34(21-26-11-9-8-10-25(26)5)31(36)22-35(27-14-12-24(4)13-15-27)41(38,39)29-18-16-28(40-6)17-19-29/h8-19,23,30H,7,20-22H2,1-6H3,(H,33,37)/t30-/m0/s1. The molecule has 0 aliphatic heterocycles. The van der Waals surface area contributed by atoms with Crippen LogP contribution in [0.25, 0.3) is 0 Å². The number of hydrogen-bond acceptors (Lipinski definition) is 5. The Bertz CT molecular complexity index is 1420. The molecule has 0 saturated carbocycles. The fourth-order valence-corrected chi connectivity index (χ4v) is 5.84. The van der Waals surface area contributed by atoms with Gasteiger partial charge in [-0.25, -0.2) is 8.42 Å². The van der Waals surface area contributed by atoms with Crippen molar-refractivity contribution in [2.24, 2.45) is 5.92 Å². The number of nitrogens with one attached hydrogen (secondary N) is 1. The second-order valence-corrected chi connectivity index (χ2v) is 12.4. The van der Waals surface area contributed by atoms with Crippen LogP contribution in [0.2, 0.25) is 0 Å². The van der Waals surface area contributed by atoms with E-state index in [0.717, 1.165) is 21.0 Å². The molecule has 3 aromatic rings. The minimum atomic E-state index is -4.15. The van der Waals surface area contributed by atoms with Gasteiger partial charge in [-0.05, 0) is 73.7 Å². The highest BCUT2D eigenvalue weighted by atomic mass is 32.2. The molecule has 41 heavy (non-hydrogen) atoms. The average Bonchev–Trinajstić information content (AvgIpc) is 2.96. The van der Waals surface area contributed by atoms with E-state index in [1.165, 1.54) is 24.1 Å². The van der Waals surface area contributed by atoms with Crippen LogP contribution in [-0.2, 0) is 26.2 Å². The number of amides is 2. The van der Waals surface area contributed by atoms with Crippen LogP contribution in [0, 0.1) is 19.8 Å². The number of carbonyl (C=O) groups is 2. The average molecular weight is 580 g/mol. The van der Waals surface area contributed by atoms with Crippen molar-refractivity contribution in [3.63, 3.8) is 0 Å². The highest BCUT2D eigenvalue weighted by molar-refractivity contribution is 7.92. The van der Waals surface area contributed by atoms with Crippen molar-refractivity contribution in [1.29, 1.82) is 0 Å². The van der Waals surface area contributed by atoms with Gasteiger partial charge in [-0.2, -0.15) is 0 Å². The minimum Gasteiger partial charge on any atom is -0.497 e. The fourth-order valence-electron chi connectivity index (χ4n) is 4.43. The second kappa shape index (κ2) is 14.2. The van der Waals surface area contributed by atoms with Gasteiger partial charge >= 0.3 is 0 Å². The van der Waals surface area contributed by atoms with Crippen LogP contribution in [0.1, 0.15) is 43.9 Å². The van der Waals surface area contributed by atoms with Gasteiger partial charge in [0, 0.05) is 13.1 Å². The van der Waals surface area contributed by atoms with Crippen LogP contribution in [0.4, 0.5) is 5.69 Å². The van der Waals surface area contributed by atoms with Crippen molar-refractivity contribution < 1.29 is 22.7 Å². The quantitative estimate of drug-likeness (QED) is 0.305. The Morgan fingerprint density at radius 3 is 2.12 bits per heavy atom. The van der Waals surface area contributed by atoms with Crippen LogP contribution in [0.5, 0.6) is 5.75 Å². The molecule has 0 bridgehead atoms. The summed E-state index contributed by atoms with van der Waals surface area (Å²) in [5.41, 5.74) is 3.17. The Hall–Kier alpha value is -3.85. The van der Waals surface area contributed by atoms with Gasteiger partial charge in [-0.3, -0.25) is 13.9 Å². The first-order valence-electron chi connectivity index (χ1n) is 13.8. The van der Waals surface area contributed by atoms with Gasteiger partial charge in [-0.15, -0.1) is 0 Å². The van der Waals surface area contributed by atoms with Crippen molar-refractivity contribution in [2.45, 2.75) is 58.5 Å². The number of ether oxygens (including phenoxy) is 1. The molecular formula is C32H41N3O5S. The number of aryl methyl sites for hydroxylation is 2. The van der Waals surface area contributed by atoms with Gasteiger partial charge in [0.2, 0.25) is 11.8 Å². The zero-order chi connectivity index (χ0) is 30.2. The first-order chi connectivity index (χ1) is 19.5. The number of anilines is 1. The van der Waals surface area contributed by atoms with E-state index in [0.29, 0.717) is 24.4 Å². The monoisotopic (exact) mass is 579 g/mol. The summed E-state index contributed by atoms with van der Waals surface area (Å²) in [6.45, 7) is 9.88. The smallest absolute Gasteiger partial charge is 0.264 e. The molecular weight excluding hydrogens is 538 g/mol. The molecule has 0 saturated heterocycles. The molecule has 0 aliphatic carbocycles. The summed E-state index contributed by atoms with van der Waals surface area (Å²) >= 11 is 0. The zero-order valence-corrected chi connectivity index (χ0v) is 25.6. The molecule has 1 N–H and O–H groups in total. The van der Waals surface area contributed by atoms with Gasteiger partial charge in [0.1, 0.15) is 18.3 Å². The van der Waals surface area contributed by atoms with E-state index < -0.39 is 28.5 Å². The number of methoxy groups -OCH3 is 1. The van der Waals surface area contributed by atoms with E-state index in [1.807, 2.05) is 58.9 Å². The van der Waals surface area contributed by atoms with Gasteiger partial charge in [0.25, 0.3) is 10.0 Å². The molecule has 1 atom stereocenters. The van der Waals surface area contributed by atoms with Crippen LogP contribution >= 0.6 is 0 Å². The van der Waals surface area contributed by atoms with Crippen LogP contribution in [-0.4, -0.2) is 51.4 Å². The maximum absolute atomic E-state index is 14.2. The first kappa shape index (κ1) is 31.7. The molecule has 2 amide bonds. The SMILES string of the molecule is CC[C@@H](C(=O)NCC(C)C)N(Cc1ccccc1C)C(=O)CN(c1ccc(C)cc1)S(=O)(=O)c1ccc(OC)cc1. The number of hydrogen-bond donors (Lipinski definition) is 1. The summed E-state index contributed by atoms with van der Waals surface area (Å²) in [6, 6.07) is 19.9. The lowest BCUT2D eigenvalue weighted by atomic mass is 10.1.